The topological polar surface area (TPSA) is 87.1 Å². The molecule has 2 N–H and O–H groups in total. The number of benzene rings is 1. The fraction of sp³-hybridized carbons (Fsp3) is 0.375. The summed E-state index contributed by atoms with van der Waals surface area (Å²) in [6, 6.07) is 5.65. The number of rotatable bonds is 6. The van der Waals surface area contributed by atoms with Gasteiger partial charge in [-0.05, 0) is 31.0 Å². The average Bonchev–Trinajstić information content (AvgIpc) is 2.72. The Hall–Kier alpha value is -2.34. The van der Waals surface area contributed by atoms with Gasteiger partial charge in [-0.15, -0.1) is 0 Å². The number of methoxy groups -OCH3 is 1. The summed E-state index contributed by atoms with van der Waals surface area (Å²) in [6.07, 6.45) is 0.579. The first-order valence-corrected chi connectivity index (χ1v) is 7.00. The first-order chi connectivity index (χ1) is 10.5. The third-order valence-corrected chi connectivity index (χ3v) is 3.62. The van der Waals surface area contributed by atoms with E-state index >= 15 is 0 Å². The van der Waals surface area contributed by atoms with Crippen molar-refractivity contribution in [3.05, 3.63) is 41.2 Å². The lowest BCUT2D eigenvalue weighted by molar-refractivity contribution is -0.129. The van der Waals surface area contributed by atoms with Gasteiger partial charge >= 0.3 is 0 Å². The van der Waals surface area contributed by atoms with Crippen LogP contribution in [0.5, 0.6) is 5.75 Å². The molecule has 1 atom stereocenters. The summed E-state index contributed by atoms with van der Waals surface area (Å²) in [5, 5.41) is 19.7. The fourth-order valence-electron chi connectivity index (χ4n) is 2.66. The summed E-state index contributed by atoms with van der Waals surface area (Å²) in [7, 11) is 1.56. The molecule has 0 bridgehead atoms. The van der Waals surface area contributed by atoms with Gasteiger partial charge in [0.1, 0.15) is 5.75 Å². The highest BCUT2D eigenvalue weighted by Gasteiger charge is 2.42. The van der Waals surface area contributed by atoms with E-state index in [0.717, 1.165) is 0 Å². The van der Waals surface area contributed by atoms with Gasteiger partial charge in [-0.3, -0.25) is 9.59 Å². The summed E-state index contributed by atoms with van der Waals surface area (Å²) in [6.45, 7) is 2.12. The van der Waals surface area contributed by atoms with Crippen LogP contribution in [0.25, 0.3) is 0 Å². The van der Waals surface area contributed by atoms with Crippen LogP contribution in [0, 0.1) is 0 Å². The van der Waals surface area contributed by atoms with E-state index in [-0.39, 0.29) is 17.1 Å². The maximum atomic E-state index is 12.2. The van der Waals surface area contributed by atoms with E-state index in [1.54, 1.807) is 19.2 Å². The number of carbonyl (C=O) groups excluding carboxylic acids is 2. The van der Waals surface area contributed by atoms with Crippen LogP contribution in [0.4, 0.5) is 0 Å². The zero-order chi connectivity index (χ0) is 16.3. The zero-order valence-electron chi connectivity index (χ0n) is 12.6. The highest BCUT2D eigenvalue weighted by atomic mass is 16.5. The van der Waals surface area contributed by atoms with Gasteiger partial charge in [-0.2, -0.15) is 0 Å². The van der Waals surface area contributed by atoms with Gasteiger partial charge in [-0.25, -0.2) is 0 Å². The minimum absolute atomic E-state index is 0.0380. The molecule has 0 spiro atoms. The number of hydrogen-bond donors (Lipinski definition) is 2. The van der Waals surface area contributed by atoms with E-state index in [1.165, 1.54) is 24.0 Å². The standard InChI is InChI=1S/C16H19NO5/c1-10(18)13-14(11-5-3-6-12(19)9-11)17(7-4-8-22-2)16(21)15(13)20/h3,5-6,9,14,19-20H,4,7-8H2,1-2H3/t14-/m0/s1. The van der Waals surface area contributed by atoms with Crippen molar-refractivity contribution in [2.75, 3.05) is 20.3 Å². The second kappa shape index (κ2) is 6.62. The minimum atomic E-state index is -0.686. The van der Waals surface area contributed by atoms with Gasteiger partial charge in [0, 0.05) is 20.3 Å². The molecule has 0 saturated carbocycles. The van der Waals surface area contributed by atoms with Crippen LogP contribution >= 0.6 is 0 Å². The molecule has 1 aliphatic heterocycles. The predicted molar refractivity (Wildman–Crippen MR) is 79.4 cm³/mol. The fourth-order valence-corrected chi connectivity index (χ4v) is 2.66. The van der Waals surface area contributed by atoms with E-state index in [1.807, 2.05) is 0 Å². The lowest BCUT2D eigenvalue weighted by atomic mass is 9.96. The molecule has 6 nitrogen and oxygen atoms in total. The average molecular weight is 305 g/mol. The van der Waals surface area contributed by atoms with Crippen LogP contribution in [0.1, 0.15) is 24.9 Å². The highest BCUT2D eigenvalue weighted by Crippen LogP contribution is 2.38. The number of nitrogens with zero attached hydrogens (tertiary/aromatic N) is 1. The summed E-state index contributed by atoms with van der Waals surface area (Å²) in [5.41, 5.74) is 0.646. The maximum absolute atomic E-state index is 12.2. The third-order valence-electron chi connectivity index (χ3n) is 3.62. The number of ketones is 1. The molecule has 2 rings (SSSR count). The Labute approximate surface area is 128 Å². The molecule has 0 fully saturated rings. The number of phenolic OH excluding ortho intramolecular Hbond substituents is 1. The lowest BCUT2D eigenvalue weighted by Crippen LogP contribution is -2.32. The van der Waals surface area contributed by atoms with Crippen molar-refractivity contribution in [3.8, 4) is 5.75 Å². The molecular formula is C16H19NO5. The first-order valence-electron chi connectivity index (χ1n) is 7.00. The first kappa shape index (κ1) is 16.0. The van der Waals surface area contributed by atoms with Crippen LogP contribution in [0.15, 0.2) is 35.6 Å². The molecule has 0 unspecified atom stereocenters. The van der Waals surface area contributed by atoms with Crippen molar-refractivity contribution >= 4 is 11.7 Å². The van der Waals surface area contributed by atoms with E-state index in [9.17, 15) is 19.8 Å². The van der Waals surface area contributed by atoms with E-state index in [4.69, 9.17) is 4.74 Å². The number of aliphatic hydroxyl groups is 1. The van der Waals surface area contributed by atoms with Crippen LogP contribution in [-0.4, -0.2) is 47.1 Å². The Balaban J connectivity index is 2.41. The summed E-state index contributed by atoms with van der Waals surface area (Å²) in [4.78, 5) is 25.5. The third kappa shape index (κ3) is 2.96. The van der Waals surface area contributed by atoms with Crippen molar-refractivity contribution in [2.24, 2.45) is 0 Å². The molecule has 6 heteroatoms. The van der Waals surface area contributed by atoms with Crippen LogP contribution in [0.2, 0.25) is 0 Å². The van der Waals surface area contributed by atoms with Crippen molar-refractivity contribution in [1.29, 1.82) is 0 Å². The molecule has 0 radical (unpaired) electrons. The van der Waals surface area contributed by atoms with E-state index in [0.29, 0.717) is 25.1 Å². The van der Waals surface area contributed by atoms with Crippen molar-refractivity contribution in [2.45, 2.75) is 19.4 Å². The van der Waals surface area contributed by atoms with Gasteiger partial charge in [0.05, 0.1) is 11.6 Å². The Kier molecular flexibility index (Phi) is 4.82. The number of phenols is 1. The number of amides is 1. The number of ether oxygens (including phenoxy) is 1. The lowest BCUT2D eigenvalue weighted by Gasteiger charge is -2.26. The number of Topliss-reactive ketones (excluding diaryl/α,β-unsaturated/α-hetero) is 1. The summed E-state index contributed by atoms with van der Waals surface area (Å²) < 4.78 is 4.98. The highest BCUT2D eigenvalue weighted by molar-refractivity contribution is 6.08. The minimum Gasteiger partial charge on any atom is -0.508 e. The van der Waals surface area contributed by atoms with E-state index in [2.05, 4.69) is 0 Å². The molecule has 0 saturated heterocycles. The summed E-state index contributed by atoms with van der Waals surface area (Å²) >= 11 is 0. The van der Waals surface area contributed by atoms with Crippen molar-refractivity contribution in [1.82, 2.24) is 4.90 Å². The smallest absolute Gasteiger partial charge is 0.290 e. The quantitative estimate of drug-likeness (QED) is 0.781. The van der Waals surface area contributed by atoms with Gasteiger partial charge in [0.2, 0.25) is 0 Å². The number of aromatic hydroxyl groups is 1. The number of carbonyl (C=O) groups is 2. The normalized spacial score (nSPS) is 18.2. The molecule has 1 aliphatic rings. The molecular weight excluding hydrogens is 286 g/mol. The molecule has 1 heterocycles. The Morgan fingerprint density at radius 3 is 2.68 bits per heavy atom. The predicted octanol–water partition coefficient (Wildman–Crippen LogP) is 1.71. The van der Waals surface area contributed by atoms with Crippen LogP contribution in [0.3, 0.4) is 0 Å². The van der Waals surface area contributed by atoms with Crippen LogP contribution in [-0.2, 0) is 14.3 Å². The molecule has 0 aromatic heterocycles. The molecule has 1 aromatic carbocycles. The summed E-state index contributed by atoms with van der Waals surface area (Å²) in [5.74, 6) is -1.42. The Bertz CT molecular complexity index is 623. The molecule has 1 amide bonds. The Morgan fingerprint density at radius 1 is 1.36 bits per heavy atom. The van der Waals surface area contributed by atoms with Crippen LogP contribution < -0.4 is 0 Å². The van der Waals surface area contributed by atoms with Gasteiger partial charge in [-0.1, -0.05) is 12.1 Å². The zero-order valence-corrected chi connectivity index (χ0v) is 12.6. The molecule has 1 aromatic rings. The number of hydrogen-bond acceptors (Lipinski definition) is 5. The van der Waals surface area contributed by atoms with Crippen molar-refractivity contribution in [3.63, 3.8) is 0 Å². The molecule has 22 heavy (non-hydrogen) atoms. The van der Waals surface area contributed by atoms with Crippen molar-refractivity contribution < 1.29 is 24.5 Å². The second-order valence-corrected chi connectivity index (χ2v) is 5.16. The van der Waals surface area contributed by atoms with Gasteiger partial charge < -0.3 is 19.8 Å². The Morgan fingerprint density at radius 2 is 2.09 bits per heavy atom. The van der Waals surface area contributed by atoms with Gasteiger partial charge in [0.15, 0.2) is 11.5 Å². The largest absolute Gasteiger partial charge is 0.508 e. The SMILES string of the molecule is COCCCN1C(=O)C(O)=C(C(C)=O)[C@@H]1c1cccc(O)c1. The molecule has 0 aliphatic carbocycles. The number of aliphatic hydroxyl groups excluding tert-OH is 1. The molecule has 118 valence electrons. The van der Waals surface area contributed by atoms with Gasteiger partial charge in [0.25, 0.3) is 5.91 Å². The second-order valence-electron chi connectivity index (χ2n) is 5.16. The van der Waals surface area contributed by atoms with E-state index < -0.39 is 17.7 Å². The maximum Gasteiger partial charge on any atom is 0.290 e. The monoisotopic (exact) mass is 305 g/mol.